The highest BCUT2D eigenvalue weighted by Gasteiger charge is 2.37. The standard InChI is InChI=1S/C20H23N7O6/c21-20-24-16-15(18(31)25-20)27-9-26(8-12(27)7-22-16)11-3-1-10(2-4-11)17(30)23-13(19(32)33)5-6-14(28)29/h1-4,12-13H,5-9H2,(H,23,30)(H,28,29)(H,32,33)(H4,21,22,24,25,31)/t12?,13-/m0/s1/i1D,2D,3D,4D. The van der Waals surface area contributed by atoms with E-state index in [4.69, 9.17) is 16.3 Å². The molecule has 1 fully saturated rings. The first-order valence-corrected chi connectivity index (χ1v) is 9.91. The maximum absolute atomic E-state index is 12.8. The molecule has 1 amide bonds. The number of anilines is 4. The number of benzene rings is 1. The van der Waals surface area contributed by atoms with Gasteiger partial charge in [-0.25, -0.2) is 4.79 Å². The first-order valence-electron chi connectivity index (χ1n) is 11.9. The van der Waals surface area contributed by atoms with E-state index < -0.39 is 72.0 Å². The molecular weight excluding hydrogens is 434 g/mol. The third-order valence-electron chi connectivity index (χ3n) is 5.31. The van der Waals surface area contributed by atoms with Crippen LogP contribution in [-0.4, -0.2) is 69.9 Å². The minimum atomic E-state index is -1.60. The second-order valence-corrected chi connectivity index (χ2v) is 7.54. The van der Waals surface area contributed by atoms with Crippen LogP contribution in [0.15, 0.2) is 29.0 Å². The van der Waals surface area contributed by atoms with Crippen molar-refractivity contribution in [3.05, 3.63) is 40.1 Å². The fraction of sp³-hybridized carbons (Fsp3) is 0.350. The van der Waals surface area contributed by atoms with Crippen molar-refractivity contribution < 1.29 is 30.1 Å². The van der Waals surface area contributed by atoms with Crippen LogP contribution in [0.5, 0.6) is 0 Å². The van der Waals surface area contributed by atoms with Gasteiger partial charge in [-0.1, -0.05) is 0 Å². The predicted molar refractivity (Wildman–Crippen MR) is 118 cm³/mol. The second kappa shape index (κ2) is 8.68. The van der Waals surface area contributed by atoms with Gasteiger partial charge in [0.1, 0.15) is 11.7 Å². The molecule has 1 aromatic heterocycles. The third kappa shape index (κ3) is 4.51. The maximum atomic E-state index is 12.8. The molecule has 0 spiro atoms. The number of aromatic amines is 1. The lowest BCUT2D eigenvalue weighted by atomic mass is 10.1. The van der Waals surface area contributed by atoms with Crippen LogP contribution in [0.2, 0.25) is 0 Å². The molecule has 2 aliphatic heterocycles. The van der Waals surface area contributed by atoms with E-state index in [1.165, 1.54) is 0 Å². The highest BCUT2D eigenvalue weighted by molar-refractivity contribution is 5.97. The van der Waals surface area contributed by atoms with Crippen LogP contribution >= 0.6 is 0 Å². The molecule has 2 atom stereocenters. The Hall–Kier alpha value is -4.29. The van der Waals surface area contributed by atoms with Crippen molar-refractivity contribution in [2.24, 2.45) is 0 Å². The number of aromatic nitrogens is 2. The summed E-state index contributed by atoms with van der Waals surface area (Å²) >= 11 is 0. The number of amides is 1. The Labute approximate surface area is 192 Å². The SMILES string of the molecule is [2H]c1c([2H])c(N2CC3CNc4nc(N)[nH]c(=O)c4N3C2)c([2H])c([2H])c1C(=O)N[C@@H](CCC(=O)O)C(=O)O. The number of nitrogens with zero attached hydrogens (tertiary/aromatic N) is 3. The van der Waals surface area contributed by atoms with E-state index in [2.05, 4.69) is 20.6 Å². The number of nitrogens with two attached hydrogens (primary N) is 1. The van der Waals surface area contributed by atoms with Gasteiger partial charge < -0.3 is 36.4 Å². The fourth-order valence-corrected chi connectivity index (χ4v) is 3.72. The van der Waals surface area contributed by atoms with Gasteiger partial charge in [0.05, 0.1) is 18.2 Å². The lowest BCUT2D eigenvalue weighted by molar-refractivity contribution is -0.140. The van der Waals surface area contributed by atoms with Gasteiger partial charge in [-0.2, -0.15) is 4.98 Å². The van der Waals surface area contributed by atoms with Crippen molar-refractivity contribution in [1.82, 2.24) is 15.3 Å². The highest BCUT2D eigenvalue weighted by atomic mass is 16.4. The number of nitrogens with one attached hydrogen (secondary N) is 3. The van der Waals surface area contributed by atoms with Crippen LogP contribution in [0.1, 0.15) is 28.7 Å². The molecule has 0 bridgehead atoms. The van der Waals surface area contributed by atoms with Crippen molar-refractivity contribution in [2.75, 3.05) is 40.6 Å². The van der Waals surface area contributed by atoms with Crippen LogP contribution in [0.4, 0.5) is 23.1 Å². The smallest absolute Gasteiger partial charge is 0.326 e. The number of fused-ring (bicyclic) bond motifs is 3. The van der Waals surface area contributed by atoms with E-state index in [0.29, 0.717) is 6.54 Å². The molecule has 33 heavy (non-hydrogen) atoms. The van der Waals surface area contributed by atoms with Crippen LogP contribution < -0.4 is 31.7 Å². The second-order valence-electron chi connectivity index (χ2n) is 7.54. The molecule has 0 saturated carbocycles. The molecule has 1 saturated heterocycles. The number of H-pyrrole nitrogens is 1. The molecule has 4 rings (SSSR count). The van der Waals surface area contributed by atoms with Crippen molar-refractivity contribution in [2.45, 2.75) is 24.9 Å². The zero-order valence-electron chi connectivity index (χ0n) is 21.1. The number of carbonyl (C=O) groups excluding carboxylic acids is 1. The summed E-state index contributed by atoms with van der Waals surface area (Å²) in [6, 6.07) is -4.30. The highest BCUT2D eigenvalue weighted by Crippen LogP contribution is 2.32. The van der Waals surface area contributed by atoms with E-state index >= 15 is 0 Å². The molecule has 2 aliphatic rings. The summed E-state index contributed by atoms with van der Waals surface area (Å²) in [4.78, 5) is 57.3. The number of carboxylic acid groups (broad SMARTS) is 2. The molecule has 7 N–H and O–H groups in total. The number of aliphatic carboxylic acids is 2. The predicted octanol–water partition coefficient (Wildman–Crippen LogP) is -0.522. The molecule has 0 aliphatic carbocycles. The van der Waals surface area contributed by atoms with E-state index in [1.807, 2.05) is 0 Å². The first kappa shape index (κ1) is 17.3. The quantitative estimate of drug-likeness (QED) is 0.310. The molecule has 0 radical (unpaired) electrons. The number of rotatable bonds is 7. The largest absolute Gasteiger partial charge is 0.481 e. The van der Waals surface area contributed by atoms with E-state index in [0.717, 1.165) is 0 Å². The van der Waals surface area contributed by atoms with Gasteiger partial charge in [0.25, 0.3) is 11.5 Å². The fourth-order valence-electron chi connectivity index (χ4n) is 3.72. The zero-order valence-corrected chi connectivity index (χ0v) is 17.1. The maximum Gasteiger partial charge on any atom is 0.326 e. The van der Waals surface area contributed by atoms with E-state index in [-0.39, 0.29) is 42.4 Å². The van der Waals surface area contributed by atoms with E-state index in [9.17, 15) is 24.3 Å². The monoisotopic (exact) mass is 461 g/mol. The average molecular weight is 461 g/mol. The molecule has 3 heterocycles. The van der Waals surface area contributed by atoms with E-state index in [1.54, 1.807) is 9.80 Å². The lowest BCUT2D eigenvalue weighted by Crippen LogP contribution is -2.44. The van der Waals surface area contributed by atoms with Gasteiger partial charge in [-0.15, -0.1) is 0 Å². The molecule has 13 nitrogen and oxygen atoms in total. The summed E-state index contributed by atoms with van der Waals surface area (Å²) in [6.07, 6.45) is -0.975. The van der Waals surface area contributed by atoms with Gasteiger partial charge in [0.2, 0.25) is 5.95 Å². The molecule has 174 valence electrons. The van der Waals surface area contributed by atoms with Gasteiger partial charge >= 0.3 is 11.9 Å². The number of nitrogen functional groups attached to an aromatic ring is 1. The number of hydrogen-bond acceptors (Lipinski definition) is 9. The number of carbonyl (C=O) groups is 3. The van der Waals surface area contributed by atoms with Crippen molar-refractivity contribution in [3.63, 3.8) is 0 Å². The Morgan fingerprint density at radius 1 is 1.30 bits per heavy atom. The summed E-state index contributed by atoms with van der Waals surface area (Å²) in [5.41, 5.74) is 4.59. The topological polar surface area (TPSA) is 194 Å². The number of carboxylic acids is 2. The Kier molecular flexibility index (Phi) is 4.55. The Bertz CT molecular complexity index is 1340. The summed E-state index contributed by atoms with van der Waals surface area (Å²) in [7, 11) is 0. The Morgan fingerprint density at radius 2 is 2.03 bits per heavy atom. The normalized spacial score (nSPS) is 19.2. The van der Waals surface area contributed by atoms with Crippen molar-refractivity contribution in [3.8, 4) is 0 Å². The summed E-state index contributed by atoms with van der Waals surface area (Å²) in [5.74, 6) is -3.73. The summed E-state index contributed by atoms with van der Waals surface area (Å²) in [5, 5.41) is 23.2. The zero-order chi connectivity index (χ0) is 27.2. The molecule has 2 aromatic rings. The minimum Gasteiger partial charge on any atom is -0.481 e. The van der Waals surface area contributed by atoms with Crippen LogP contribution in [0.3, 0.4) is 0 Å². The third-order valence-corrected chi connectivity index (χ3v) is 5.31. The molecular formula is C20H23N7O6. The van der Waals surface area contributed by atoms with Crippen LogP contribution in [-0.2, 0) is 9.59 Å². The summed E-state index contributed by atoms with van der Waals surface area (Å²) in [6.45, 7) is 0.635. The van der Waals surface area contributed by atoms with Gasteiger partial charge in [-0.05, 0) is 30.6 Å². The molecule has 1 aromatic carbocycles. The molecule has 13 heteroatoms. The minimum absolute atomic E-state index is 0.0342. The first-order chi connectivity index (χ1) is 17.4. The van der Waals surface area contributed by atoms with Crippen LogP contribution in [0, 0.1) is 0 Å². The molecule has 1 unspecified atom stereocenters. The van der Waals surface area contributed by atoms with Crippen LogP contribution in [0.25, 0.3) is 0 Å². The summed E-state index contributed by atoms with van der Waals surface area (Å²) < 4.78 is 33.6. The van der Waals surface area contributed by atoms with Crippen molar-refractivity contribution in [1.29, 1.82) is 0 Å². The average Bonchev–Trinajstić information content (AvgIpc) is 3.23. The Balaban J connectivity index is 1.65. The number of hydrogen-bond donors (Lipinski definition) is 6. The lowest BCUT2D eigenvalue weighted by Gasteiger charge is -2.31. The Morgan fingerprint density at radius 3 is 2.70 bits per heavy atom. The van der Waals surface area contributed by atoms with Gasteiger partial charge in [0.15, 0.2) is 5.82 Å². The van der Waals surface area contributed by atoms with Gasteiger partial charge in [-0.3, -0.25) is 19.4 Å². The van der Waals surface area contributed by atoms with Gasteiger partial charge in [0, 0.05) is 30.8 Å². The van der Waals surface area contributed by atoms with Crippen molar-refractivity contribution >= 4 is 41.0 Å².